The topological polar surface area (TPSA) is 46.6 Å². The van der Waals surface area contributed by atoms with Gasteiger partial charge in [-0.15, -0.1) is 0 Å². The lowest BCUT2D eigenvalue weighted by Crippen LogP contribution is -2.41. The molecule has 0 fully saturated rings. The lowest BCUT2D eigenvalue weighted by Gasteiger charge is -2.25. The number of carbonyl (C=O) groups is 2. The van der Waals surface area contributed by atoms with Crippen LogP contribution in [0.15, 0.2) is 18.2 Å². The number of amides is 1. The summed E-state index contributed by atoms with van der Waals surface area (Å²) in [6.07, 6.45) is 0. The van der Waals surface area contributed by atoms with Crippen LogP contribution in [0.25, 0.3) is 0 Å². The van der Waals surface area contributed by atoms with Gasteiger partial charge in [-0.1, -0.05) is 6.07 Å². The Balaban J connectivity index is 2.99. The molecule has 0 aromatic heterocycles. The van der Waals surface area contributed by atoms with Gasteiger partial charge >= 0.3 is 5.97 Å². The minimum atomic E-state index is -0.411. The van der Waals surface area contributed by atoms with Crippen molar-refractivity contribution < 1.29 is 14.3 Å². The van der Waals surface area contributed by atoms with Crippen LogP contribution in [-0.4, -0.2) is 36.5 Å². The van der Waals surface area contributed by atoms with Crippen LogP contribution in [0, 0.1) is 13.8 Å². The Morgan fingerprint density at radius 1 is 1.21 bits per heavy atom. The van der Waals surface area contributed by atoms with Crippen molar-refractivity contribution in [3.05, 3.63) is 34.9 Å². The second-order valence-electron chi connectivity index (χ2n) is 4.90. The predicted molar refractivity (Wildman–Crippen MR) is 74.1 cm³/mol. The molecule has 0 saturated heterocycles. The molecule has 0 aliphatic rings. The smallest absolute Gasteiger partial charge is 0.325 e. The van der Waals surface area contributed by atoms with Crippen LogP contribution in [0.5, 0.6) is 0 Å². The number of hydrogen-bond acceptors (Lipinski definition) is 3. The lowest BCUT2D eigenvalue weighted by molar-refractivity contribution is -0.141. The highest BCUT2D eigenvalue weighted by Gasteiger charge is 2.22. The highest BCUT2D eigenvalue weighted by Crippen LogP contribution is 2.13. The van der Waals surface area contributed by atoms with Crippen LogP contribution >= 0.6 is 0 Å². The van der Waals surface area contributed by atoms with Gasteiger partial charge in [-0.2, -0.15) is 0 Å². The summed E-state index contributed by atoms with van der Waals surface area (Å²) in [5.74, 6) is -0.561. The number of benzene rings is 1. The van der Waals surface area contributed by atoms with E-state index in [1.54, 1.807) is 6.07 Å². The molecule has 0 aliphatic carbocycles. The fourth-order valence-electron chi connectivity index (χ4n) is 1.73. The monoisotopic (exact) mass is 263 g/mol. The third kappa shape index (κ3) is 3.81. The second kappa shape index (κ2) is 6.36. The van der Waals surface area contributed by atoms with Gasteiger partial charge in [-0.05, 0) is 51.0 Å². The molecule has 1 rings (SSSR count). The van der Waals surface area contributed by atoms with Crippen LogP contribution in [0.2, 0.25) is 0 Å². The molecule has 4 nitrogen and oxygen atoms in total. The van der Waals surface area contributed by atoms with Crippen molar-refractivity contribution in [2.24, 2.45) is 0 Å². The molecule has 0 saturated carbocycles. The Morgan fingerprint density at radius 2 is 1.84 bits per heavy atom. The van der Waals surface area contributed by atoms with Gasteiger partial charge in [0, 0.05) is 11.6 Å². The fourth-order valence-corrected chi connectivity index (χ4v) is 1.73. The zero-order valence-electron chi connectivity index (χ0n) is 12.2. The number of rotatable bonds is 4. The number of nitrogens with zero attached hydrogens (tertiary/aromatic N) is 1. The van der Waals surface area contributed by atoms with Gasteiger partial charge in [0.05, 0.1) is 7.11 Å². The Labute approximate surface area is 114 Å². The normalized spacial score (nSPS) is 10.4. The van der Waals surface area contributed by atoms with E-state index in [0.717, 1.165) is 11.1 Å². The summed E-state index contributed by atoms with van der Waals surface area (Å²) in [7, 11) is 1.32. The summed E-state index contributed by atoms with van der Waals surface area (Å²) in [5, 5.41) is 0. The van der Waals surface area contributed by atoms with Gasteiger partial charge < -0.3 is 9.64 Å². The summed E-state index contributed by atoms with van der Waals surface area (Å²) in [6, 6.07) is 5.49. The largest absolute Gasteiger partial charge is 0.468 e. The lowest BCUT2D eigenvalue weighted by atomic mass is 10.1. The third-order valence-electron chi connectivity index (χ3n) is 3.17. The second-order valence-corrected chi connectivity index (χ2v) is 4.90. The number of methoxy groups -OCH3 is 1. The molecule has 1 aromatic rings. The Hall–Kier alpha value is -1.84. The van der Waals surface area contributed by atoms with Crippen LogP contribution in [-0.2, 0) is 9.53 Å². The van der Waals surface area contributed by atoms with E-state index in [2.05, 4.69) is 4.74 Å². The highest BCUT2D eigenvalue weighted by atomic mass is 16.5. The minimum absolute atomic E-state index is 0.0279. The van der Waals surface area contributed by atoms with E-state index in [1.165, 1.54) is 12.0 Å². The fraction of sp³-hybridized carbons (Fsp3) is 0.467. The first-order valence-electron chi connectivity index (χ1n) is 6.31. The van der Waals surface area contributed by atoms with E-state index < -0.39 is 5.97 Å². The van der Waals surface area contributed by atoms with Crippen molar-refractivity contribution in [3.8, 4) is 0 Å². The van der Waals surface area contributed by atoms with Crippen molar-refractivity contribution in [3.63, 3.8) is 0 Å². The zero-order valence-corrected chi connectivity index (χ0v) is 12.2. The zero-order chi connectivity index (χ0) is 14.6. The summed E-state index contributed by atoms with van der Waals surface area (Å²) >= 11 is 0. The van der Waals surface area contributed by atoms with Crippen molar-refractivity contribution in [2.45, 2.75) is 33.7 Å². The van der Waals surface area contributed by atoms with Gasteiger partial charge in [0.25, 0.3) is 5.91 Å². The van der Waals surface area contributed by atoms with Gasteiger partial charge in [0.15, 0.2) is 0 Å². The summed E-state index contributed by atoms with van der Waals surface area (Å²) in [4.78, 5) is 25.3. The first kappa shape index (κ1) is 15.2. The molecule has 4 heteroatoms. The molecule has 1 aromatic carbocycles. The van der Waals surface area contributed by atoms with Gasteiger partial charge in [0.1, 0.15) is 6.54 Å². The quantitative estimate of drug-likeness (QED) is 0.783. The van der Waals surface area contributed by atoms with Crippen LogP contribution in [0.4, 0.5) is 0 Å². The van der Waals surface area contributed by atoms with Crippen LogP contribution in [0.1, 0.15) is 35.3 Å². The molecule has 104 valence electrons. The third-order valence-corrected chi connectivity index (χ3v) is 3.17. The van der Waals surface area contributed by atoms with Gasteiger partial charge in [-0.3, -0.25) is 9.59 Å². The van der Waals surface area contributed by atoms with Gasteiger partial charge in [-0.25, -0.2) is 0 Å². The standard InChI is InChI=1S/C15H21NO3/c1-10(2)16(9-14(17)19-5)15(18)13-7-6-11(3)12(4)8-13/h6-8,10H,9H2,1-5H3. The van der Waals surface area contributed by atoms with Crippen molar-refractivity contribution in [1.29, 1.82) is 0 Å². The minimum Gasteiger partial charge on any atom is -0.468 e. The summed E-state index contributed by atoms with van der Waals surface area (Å²) in [5.41, 5.74) is 2.80. The molecule has 19 heavy (non-hydrogen) atoms. The molecule has 1 amide bonds. The Kier molecular flexibility index (Phi) is 5.10. The Morgan fingerprint density at radius 3 is 2.32 bits per heavy atom. The molecular weight excluding hydrogens is 242 g/mol. The molecule has 0 unspecified atom stereocenters. The SMILES string of the molecule is COC(=O)CN(C(=O)c1ccc(C)c(C)c1)C(C)C. The van der Waals surface area contributed by atoms with Crippen molar-refractivity contribution in [2.75, 3.05) is 13.7 Å². The Bertz CT molecular complexity index is 480. The van der Waals surface area contributed by atoms with Crippen LogP contribution in [0.3, 0.4) is 0 Å². The number of esters is 1. The molecule has 0 aliphatic heterocycles. The summed E-state index contributed by atoms with van der Waals surface area (Å²) < 4.78 is 4.63. The molecule has 0 bridgehead atoms. The highest BCUT2D eigenvalue weighted by molar-refractivity contribution is 5.96. The predicted octanol–water partition coefficient (Wildman–Crippen LogP) is 2.33. The number of carbonyl (C=O) groups excluding carboxylic acids is 2. The van der Waals surface area contributed by atoms with Crippen LogP contribution < -0.4 is 0 Å². The maximum Gasteiger partial charge on any atom is 0.325 e. The van der Waals surface area contributed by atoms with Gasteiger partial charge in [0.2, 0.25) is 0 Å². The number of hydrogen-bond donors (Lipinski definition) is 0. The molecule has 0 spiro atoms. The van der Waals surface area contributed by atoms with E-state index in [-0.39, 0.29) is 18.5 Å². The number of ether oxygens (including phenoxy) is 1. The maximum atomic E-state index is 12.4. The first-order valence-corrected chi connectivity index (χ1v) is 6.31. The first-order chi connectivity index (χ1) is 8.86. The maximum absolute atomic E-state index is 12.4. The van der Waals surface area contributed by atoms with Crippen molar-refractivity contribution >= 4 is 11.9 Å². The average molecular weight is 263 g/mol. The van der Waals surface area contributed by atoms with E-state index in [4.69, 9.17) is 0 Å². The molecule has 0 N–H and O–H groups in total. The van der Waals surface area contributed by atoms with E-state index in [0.29, 0.717) is 5.56 Å². The average Bonchev–Trinajstić information content (AvgIpc) is 2.37. The van der Waals surface area contributed by atoms with E-state index in [9.17, 15) is 9.59 Å². The van der Waals surface area contributed by atoms with E-state index >= 15 is 0 Å². The molecular formula is C15H21NO3. The van der Waals surface area contributed by atoms with E-state index in [1.807, 2.05) is 39.8 Å². The molecule has 0 heterocycles. The number of aryl methyl sites for hydroxylation is 2. The molecule has 0 radical (unpaired) electrons. The summed E-state index contributed by atoms with van der Waals surface area (Å²) in [6.45, 7) is 7.69. The molecule has 0 atom stereocenters. The van der Waals surface area contributed by atoms with Crippen molar-refractivity contribution in [1.82, 2.24) is 4.90 Å².